The van der Waals surface area contributed by atoms with Crippen molar-refractivity contribution in [2.24, 2.45) is 5.92 Å². The molecule has 0 saturated carbocycles. The third kappa shape index (κ3) is 3.33. The summed E-state index contributed by atoms with van der Waals surface area (Å²) in [5, 5.41) is 0. The van der Waals surface area contributed by atoms with Crippen molar-refractivity contribution in [3.8, 4) is 0 Å². The summed E-state index contributed by atoms with van der Waals surface area (Å²) in [4.78, 5) is 36.9. The molecule has 0 aromatic heterocycles. The number of hydrogen-bond donors (Lipinski definition) is 0. The lowest BCUT2D eigenvalue weighted by molar-refractivity contribution is -0.152. The van der Waals surface area contributed by atoms with Crippen molar-refractivity contribution in [1.29, 1.82) is 0 Å². The molecule has 5 nitrogen and oxygen atoms in total. The molecule has 0 aromatic rings. The summed E-state index contributed by atoms with van der Waals surface area (Å²) in [5.41, 5.74) is 0.973. The van der Waals surface area contributed by atoms with Crippen LogP contribution in [-0.4, -0.2) is 23.1 Å². The highest BCUT2D eigenvalue weighted by Crippen LogP contribution is 2.46. The fraction of sp³-hybridized carbons (Fsp3) is 0.348. The third-order valence-electron chi connectivity index (χ3n) is 5.23. The zero-order valence-corrected chi connectivity index (χ0v) is 16.8. The first kappa shape index (κ1) is 19.8. The Labute approximate surface area is 164 Å². The van der Waals surface area contributed by atoms with E-state index in [2.05, 4.69) is 19.9 Å². The number of esters is 1. The molecule has 3 aliphatic rings. The fourth-order valence-electron chi connectivity index (χ4n) is 3.50. The van der Waals surface area contributed by atoms with E-state index in [9.17, 15) is 14.4 Å². The van der Waals surface area contributed by atoms with Gasteiger partial charge in [0.05, 0.1) is 6.26 Å². The van der Waals surface area contributed by atoms with Gasteiger partial charge >= 0.3 is 5.97 Å². The van der Waals surface area contributed by atoms with Crippen LogP contribution in [0, 0.1) is 5.92 Å². The van der Waals surface area contributed by atoms with Crippen LogP contribution >= 0.6 is 0 Å². The van der Waals surface area contributed by atoms with Crippen LogP contribution in [0.4, 0.5) is 0 Å². The van der Waals surface area contributed by atoms with Gasteiger partial charge in [0.2, 0.25) is 5.78 Å². The first-order valence-electron chi connectivity index (χ1n) is 9.38. The Morgan fingerprint density at radius 2 is 1.96 bits per heavy atom. The van der Waals surface area contributed by atoms with Crippen LogP contribution in [0.1, 0.15) is 41.0 Å². The Balaban J connectivity index is 1.97. The molecule has 28 heavy (non-hydrogen) atoms. The standard InChI is InChI=1S/C23H24O5/c1-6-13(2)9-14(3)7-8-17-10-16-11-19(25)23(5)21(18(16)12-27-17)20(15(4)24)22(26)28-23/h7-13H,6H2,1-5H3. The highest BCUT2D eigenvalue weighted by atomic mass is 16.6. The summed E-state index contributed by atoms with van der Waals surface area (Å²) in [6.45, 7) is 9.11. The van der Waals surface area contributed by atoms with E-state index in [1.54, 1.807) is 6.08 Å². The summed E-state index contributed by atoms with van der Waals surface area (Å²) in [5.74, 6) is -0.508. The van der Waals surface area contributed by atoms with Gasteiger partial charge in [0, 0.05) is 11.1 Å². The lowest BCUT2D eigenvalue weighted by Crippen LogP contribution is -2.40. The van der Waals surface area contributed by atoms with Gasteiger partial charge < -0.3 is 9.47 Å². The maximum Gasteiger partial charge on any atom is 0.343 e. The summed E-state index contributed by atoms with van der Waals surface area (Å²) in [6, 6.07) is 0. The predicted octanol–water partition coefficient (Wildman–Crippen LogP) is 4.04. The van der Waals surface area contributed by atoms with Gasteiger partial charge in [-0.05, 0) is 50.5 Å². The van der Waals surface area contributed by atoms with Gasteiger partial charge in [-0.15, -0.1) is 0 Å². The topological polar surface area (TPSA) is 69.7 Å². The van der Waals surface area contributed by atoms with E-state index in [1.807, 2.05) is 19.1 Å². The number of carbonyl (C=O) groups is 3. The van der Waals surface area contributed by atoms with Gasteiger partial charge in [-0.25, -0.2) is 4.79 Å². The first-order valence-corrected chi connectivity index (χ1v) is 9.38. The number of Topliss-reactive ketones (excluding diaryl/α,β-unsaturated/α-hetero) is 1. The Kier molecular flexibility index (Phi) is 5.11. The molecule has 0 amide bonds. The molecule has 0 spiro atoms. The Bertz CT molecular complexity index is 951. The van der Waals surface area contributed by atoms with Crippen LogP contribution < -0.4 is 0 Å². The molecule has 5 heteroatoms. The van der Waals surface area contributed by atoms with Crippen molar-refractivity contribution in [2.45, 2.75) is 46.6 Å². The maximum absolute atomic E-state index is 12.7. The quantitative estimate of drug-likeness (QED) is 0.409. The molecule has 0 aromatic carbocycles. The van der Waals surface area contributed by atoms with Crippen molar-refractivity contribution < 1.29 is 23.9 Å². The van der Waals surface area contributed by atoms with Crippen molar-refractivity contribution >= 4 is 17.5 Å². The van der Waals surface area contributed by atoms with E-state index in [0.29, 0.717) is 28.4 Å². The van der Waals surface area contributed by atoms with E-state index in [1.165, 1.54) is 26.2 Å². The van der Waals surface area contributed by atoms with Crippen LogP contribution in [0.15, 0.2) is 70.3 Å². The molecule has 1 aliphatic carbocycles. The largest absolute Gasteiger partial charge is 0.464 e. The minimum Gasteiger partial charge on any atom is -0.464 e. The van der Waals surface area contributed by atoms with E-state index >= 15 is 0 Å². The van der Waals surface area contributed by atoms with E-state index < -0.39 is 17.4 Å². The second kappa shape index (κ2) is 7.23. The maximum atomic E-state index is 12.7. The molecule has 0 saturated heterocycles. The third-order valence-corrected chi connectivity index (χ3v) is 5.23. The minimum atomic E-state index is -1.48. The Morgan fingerprint density at radius 3 is 2.61 bits per heavy atom. The molecule has 2 unspecified atom stereocenters. The molecule has 3 rings (SSSR count). The predicted molar refractivity (Wildman–Crippen MR) is 105 cm³/mol. The van der Waals surface area contributed by atoms with E-state index in [-0.39, 0.29) is 11.4 Å². The molecule has 146 valence electrons. The molecule has 2 atom stereocenters. The fourth-order valence-corrected chi connectivity index (χ4v) is 3.50. The van der Waals surface area contributed by atoms with Crippen LogP contribution in [-0.2, 0) is 23.9 Å². The summed E-state index contributed by atoms with van der Waals surface area (Å²) < 4.78 is 11.0. The van der Waals surface area contributed by atoms with Crippen LogP contribution in [0.5, 0.6) is 0 Å². The zero-order chi connectivity index (χ0) is 20.6. The van der Waals surface area contributed by atoms with Gasteiger partial charge in [0.15, 0.2) is 11.4 Å². The Morgan fingerprint density at radius 1 is 1.25 bits per heavy atom. The molecule has 2 aliphatic heterocycles. The molecule has 2 heterocycles. The molecule has 0 fully saturated rings. The van der Waals surface area contributed by atoms with Gasteiger partial charge in [0.25, 0.3) is 0 Å². The summed E-state index contributed by atoms with van der Waals surface area (Å²) in [7, 11) is 0. The second-order valence-electron chi connectivity index (χ2n) is 7.52. The molecule has 0 radical (unpaired) electrons. The number of ketones is 2. The van der Waals surface area contributed by atoms with Gasteiger partial charge in [0.1, 0.15) is 11.3 Å². The number of carbonyl (C=O) groups excluding carboxylic acids is 3. The first-order chi connectivity index (χ1) is 13.2. The number of ether oxygens (including phenoxy) is 2. The van der Waals surface area contributed by atoms with Crippen LogP contribution in [0.3, 0.4) is 0 Å². The molecule has 0 N–H and O–H groups in total. The number of fused-ring (bicyclic) bond motifs is 3. The van der Waals surface area contributed by atoms with Crippen molar-refractivity contribution in [1.82, 2.24) is 0 Å². The highest BCUT2D eigenvalue weighted by Gasteiger charge is 2.54. The van der Waals surface area contributed by atoms with Crippen LogP contribution in [0.25, 0.3) is 0 Å². The highest BCUT2D eigenvalue weighted by molar-refractivity contribution is 6.23. The van der Waals surface area contributed by atoms with Gasteiger partial charge in [-0.2, -0.15) is 0 Å². The average Bonchev–Trinajstić information content (AvgIpc) is 2.92. The minimum absolute atomic E-state index is 0.0870. The number of allylic oxidation sites excluding steroid dienone is 6. The van der Waals surface area contributed by atoms with Crippen molar-refractivity contribution in [3.63, 3.8) is 0 Å². The average molecular weight is 380 g/mol. The smallest absolute Gasteiger partial charge is 0.343 e. The van der Waals surface area contributed by atoms with Gasteiger partial charge in [-0.1, -0.05) is 38.0 Å². The number of rotatable bonds is 5. The molecule has 0 bridgehead atoms. The lowest BCUT2D eigenvalue weighted by Gasteiger charge is -2.31. The normalized spacial score (nSPS) is 25.5. The van der Waals surface area contributed by atoms with Crippen molar-refractivity contribution in [2.75, 3.05) is 0 Å². The lowest BCUT2D eigenvalue weighted by atomic mass is 9.76. The second-order valence-corrected chi connectivity index (χ2v) is 7.52. The SMILES string of the molecule is CCC(C)C=C(C)C=CC1=CC2=CC(=O)C3(C)OC(=O)C(C(C)=O)=C3C2=CO1. The van der Waals surface area contributed by atoms with E-state index in [0.717, 1.165) is 12.0 Å². The summed E-state index contributed by atoms with van der Waals surface area (Å²) >= 11 is 0. The molecular weight excluding hydrogens is 356 g/mol. The van der Waals surface area contributed by atoms with Gasteiger partial charge in [-0.3, -0.25) is 9.59 Å². The zero-order valence-electron chi connectivity index (χ0n) is 16.8. The van der Waals surface area contributed by atoms with Crippen molar-refractivity contribution in [3.05, 3.63) is 70.3 Å². The van der Waals surface area contributed by atoms with Crippen LogP contribution in [0.2, 0.25) is 0 Å². The monoisotopic (exact) mass is 380 g/mol. The Hall–Kier alpha value is -2.95. The van der Waals surface area contributed by atoms with E-state index in [4.69, 9.17) is 9.47 Å². The summed E-state index contributed by atoms with van der Waals surface area (Å²) in [6.07, 6.45) is 11.7. The molecular formula is C23H24O5. The number of hydrogen-bond acceptors (Lipinski definition) is 5.